The zero-order valence-electron chi connectivity index (χ0n) is 8.56. The van der Waals surface area contributed by atoms with Gasteiger partial charge in [-0.25, -0.2) is 9.07 Å². The Kier molecular flexibility index (Phi) is 3.25. The second-order valence-electron chi connectivity index (χ2n) is 3.46. The van der Waals surface area contributed by atoms with Gasteiger partial charge >= 0.3 is 0 Å². The van der Waals surface area contributed by atoms with Gasteiger partial charge in [0, 0.05) is 11.8 Å². The standard InChI is InChI=1S/C11H10FIN2O/c1-7(16)9-3-2-4-10(12)11(9)15-6-8(13)5-14-15/h2-7,16H,1H3/t7-/m1/s1. The molecule has 0 aliphatic heterocycles. The van der Waals surface area contributed by atoms with E-state index in [4.69, 9.17) is 0 Å². The summed E-state index contributed by atoms with van der Waals surface area (Å²) < 4.78 is 16.1. The van der Waals surface area contributed by atoms with E-state index in [1.54, 1.807) is 31.5 Å². The molecule has 1 N–H and O–H groups in total. The minimum Gasteiger partial charge on any atom is -0.389 e. The summed E-state index contributed by atoms with van der Waals surface area (Å²) in [6.45, 7) is 1.60. The Morgan fingerprint density at radius 2 is 2.25 bits per heavy atom. The van der Waals surface area contributed by atoms with Gasteiger partial charge in [-0.2, -0.15) is 5.10 Å². The second-order valence-corrected chi connectivity index (χ2v) is 4.70. The Morgan fingerprint density at radius 1 is 1.50 bits per heavy atom. The fourth-order valence-corrected chi connectivity index (χ4v) is 1.92. The van der Waals surface area contributed by atoms with Crippen molar-refractivity contribution >= 4 is 22.6 Å². The molecule has 0 bridgehead atoms. The van der Waals surface area contributed by atoms with Crippen LogP contribution in [-0.4, -0.2) is 14.9 Å². The quantitative estimate of drug-likeness (QED) is 0.859. The molecule has 0 radical (unpaired) electrons. The van der Waals surface area contributed by atoms with Gasteiger partial charge in [0.25, 0.3) is 0 Å². The molecule has 0 amide bonds. The third kappa shape index (κ3) is 2.10. The monoisotopic (exact) mass is 332 g/mol. The summed E-state index contributed by atoms with van der Waals surface area (Å²) in [5, 5.41) is 13.6. The Bertz CT molecular complexity index is 510. The first-order valence-electron chi connectivity index (χ1n) is 4.76. The summed E-state index contributed by atoms with van der Waals surface area (Å²) >= 11 is 2.10. The summed E-state index contributed by atoms with van der Waals surface area (Å²) in [5.41, 5.74) is 0.833. The number of hydrogen-bond donors (Lipinski definition) is 1. The average Bonchev–Trinajstić information content (AvgIpc) is 2.64. The lowest BCUT2D eigenvalue weighted by Crippen LogP contribution is -2.05. The van der Waals surface area contributed by atoms with Crippen molar-refractivity contribution in [3.8, 4) is 5.69 Å². The first-order chi connectivity index (χ1) is 7.59. The van der Waals surface area contributed by atoms with Crippen LogP contribution in [0.5, 0.6) is 0 Å². The highest BCUT2D eigenvalue weighted by atomic mass is 127. The summed E-state index contributed by atoms with van der Waals surface area (Å²) in [4.78, 5) is 0. The number of para-hydroxylation sites is 1. The Morgan fingerprint density at radius 3 is 2.81 bits per heavy atom. The van der Waals surface area contributed by atoms with Crippen molar-refractivity contribution in [2.75, 3.05) is 0 Å². The third-order valence-corrected chi connectivity index (χ3v) is 2.81. The largest absolute Gasteiger partial charge is 0.389 e. The zero-order valence-corrected chi connectivity index (χ0v) is 10.7. The van der Waals surface area contributed by atoms with Crippen molar-refractivity contribution < 1.29 is 9.50 Å². The SMILES string of the molecule is C[C@@H](O)c1cccc(F)c1-n1cc(I)cn1. The van der Waals surface area contributed by atoms with Gasteiger partial charge in [-0.15, -0.1) is 0 Å². The molecule has 2 rings (SSSR count). The maximum Gasteiger partial charge on any atom is 0.149 e. The highest BCUT2D eigenvalue weighted by Crippen LogP contribution is 2.24. The van der Waals surface area contributed by atoms with E-state index in [2.05, 4.69) is 27.7 Å². The Labute approximate surface area is 106 Å². The van der Waals surface area contributed by atoms with Gasteiger partial charge in [0.1, 0.15) is 11.5 Å². The highest BCUT2D eigenvalue weighted by Gasteiger charge is 2.14. The van der Waals surface area contributed by atoms with Crippen molar-refractivity contribution in [3.05, 3.63) is 45.5 Å². The van der Waals surface area contributed by atoms with E-state index < -0.39 is 11.9 Å². The lowest BCUT2D eigenvalue weighted by molar-refractivity contribution is 0.198. The molecule has 0 spiro atoms. The predicted molar refractivity (Wildman–Crippen MR) is 66.9 cm³/mol. The van der Waals surface area contributed by atoms with E-state index in [9.17, 15) is 9.50 Å². The molecule has 1 aromatic heterocycles. The molecule has 1 heterocycles. The number of benzene rings is 1. The molecule has 0 fully saturated rings. The van der Waals surface area contributed by atoms with Crippen LogP contribution in [0, 0.1) is 9.39 Å². The number of halogens is 2. The maximum absolute atomic E-state index is 13.7. The zero-order chi connectivity index (χ0) is 11.7. The van der Waals surface area contributed by atoms with Gasteiger partial charge < -0.3 is 5.11 Å². The van der Waals surface area contributed by atoms with E-state index in [0.29, 0.717) is 11.3 Å². The summed E-state index contributed by atoms with van der Waals surface area (Å²) in [6, 6.07) is 4.63. The summed E-state index contributed by atoms with van der Waals surface area (Å²) in [5.74, 6) is -0.391. The number of aromatic nitrogens is 2. The van der Waals surface area contributed by atoms with Gasteiger partial charge in [0.2, 0.25) is 0 Å². The topological polar surface area (TPSA) is 38.0 Å². The lowest BCUT2D eigenvalue weighted by atomic mass is 10.1. The van der Waals surface area contributed by atoms with Gasteiger partial charge in [-0.1, -0.05) is 12.1 Å². The normalized spacial score (nSPS) is 12.8. The molecule has 5 heteroatoms. The van der Waals surface area contributed by atoms with E-state index in [0.717, 1.165) is 3.57 Å². The van der Waals surface area contributed by atoms with Crippen LogP contribution in [0.25, 0.3) is 5.69 Å². The highest BCUT2D eigenvalue weighted by molar-refractivity contribution is 14.1. The molecule has 1 aromatic carbocycles. The van der Waals surface area contributed by atoms with Gasteiger partial charge in [-0.3, -0.25) is 0 Å². The first kappa shape index (κ1) is 11.5. The van der Waals surface area contributed by atoms with Crippen molar-refractivity contribution in [1.82, 2.24) is 9.78 Å². The van der Waals surface area contributed by atoms with Crippen LogP contribution in [0.4, 0.5) is 4.39 Å². The van der Waals surface area contributed by atoms with Gasteiger partial charge in [0.05, 0.1) is 15.9 Å². The molecule has 0 unspecified atom stereocenters. The molecule has 0 saturated carbocycles. The molecular weight excluding hydrogens is 322 g/mol. The summed E-state index contributed by atoms with van der Waals surface area (Å²) in [7, 11) is 0. The smallest absolute Gasteiger partial charge is 0.149 e. The number of hydrogen-bond acceptors (Lipinski definition) is 2. The lowest BCUT2D eigenvalue weighted by Gasteiger charge is -2.12. The molecule has 0 saturated heterocycles. The van der Waals surface area contributed by atoms with E-state index in [1.165, 1.54) is 10.7 Å². The molecule has 1 atom stereocenters. The molecule has 0 aliphatic carbocycles. The number of nitrogens with zero attached hydrogens (tertiary/aromatic N) is 2. The van der Waals surface area contributed by atoms with Crippen LogP contribution >= 0.6 is 22.6 Å². The fraction of sp³-hybridized carbons (Fsp3) is 0.182. The van der Waals surface area contributed by atoms with Crippen LogP contribution in [0.1, 0.15) is 18.6 Å². The van der Waals surface area contributed by atoms with E-state index in [-0.39, 0.29) is 0 Å². The van der Waals surface area contributed by atoms with Crippen LogP contribution in [0.15, 0.2) is 30.6 Å². The molecule has 16 heavy (non-hydrogen) atoms. The second kappa shape index (κ2) is 4.50. The fourth-order valence-electron chi connectivity index (χ4n) is 1.53. The molecule has 3 nitrogen and oxygen atoms in total. The molecule has 84 valence electrons. The maximum atomic E-state index is 13.7. The molecular formula is C11H10FIN2O. The van der Waals surface area contributed by atoms with Crippen LogP contribution in [0.2, 0.25) is 0 Å². The number of rotatable bonds is 2. The number of aliphatic hydroxyl groups is 1. The van der Waals surface area contributed by atoms with Crippen LogP contribution in [0.3, 0.4) is 0 Å². The van der Waals surface area contributed by atoms with Crippen LogP contribution < -0.4 is 0 Å². The van der Waals surface area contributed by atoms with E-state index in [1.807, 2.05) is 0 Å². The molecule has 2 aromatic rings. The summed E-state index contributed by atoms with van der Waals surface area (Å²) in [6.07, 6.45) is 2.62. The predicted octanol–water partition coefficient (Wildman–Crippen LogP) is 2.67. The van der Waals surface area contributed by atoms with Crippen molar-refractivity contribution in [2.24, 2.45) is 0 Å². The minimum absolute atomic E-state index is 0.306. The number of aliphatic hydroxyl groups excluding tert-OH is 1. The molecule has 0 aliphatic rings. The Balaban J connectivity index is 2.62. The van der Waals surface area contributed by atoms with Gasteiger partial charge in [0.15, 0.2) is 0 Å². The van der Waals surface area contributed by atoms with Crippen molar-refractivity contribution in [1.29, 1.82) is 0 Å². The minimum atomic E-state index is -0.729. The first-order valence-corrected chi connectivity index (χ1v) is 5.84. The van der Waals surface area contributed by atoms with Gasteiger partial charge in [-0.05, 0) is 35.6 Å². The van der Waals surface area contributed by atoms with Crippen LogP contribution in [-0.2, 0) is 0 Å². The Hall–Kier alpha value is -0.950. The average molecular weight is 332 g/mol. The van der Waals surface area contributed by atoms with E-state index >= 15 is 0 Å². The van der Waals surface area contributed by atoms with Crippen molar-refractivity contribution in [2.45, 2.75) is 13.0 Å². The van der Waals surface area contributed by atoms with Crippen molar-refractivity contribution in [3.63, 3.8) is 0 Å². The third-order valence-electron chi connectivity index (χ3n) is 2.25.